The molecule has 0 aliphatic carbocycles. The van der Waals surface area contributed by atoms with Gasteiger partial charge in [-0.3, -0.25) is 0 Å². The predicted octanol–water partition coefficient (Wildman–Crippen LogP) is 3.77. The number of rotatable bonds is 6. The molecule has 0 aliphatic heterocycles. The van der Waals surface area contributed by atoms with Crippen LogP contribution in [0.3, 0.4) is 0 Å². The van der Waals surface area contributed by atoms with Crippen LogP contribution in [0.2, 0.25) is 5.28 Å². The standard InChI is InChI=1S/C15H18ClN3O2/c1-4-9-20-15-18-13(17-14(16)19-15)11-5-7-12(8-6-11)21-10(2)3/h5-8,10H,4,9H2,1-3H3. The maximum Gasteiger partial charge on any atom is 0.321 e. The Labute approximate surface area is 129 Å². The van der Waals surface area contributed by atoms with Crippen LogP contribution in [0.4, 0.5) is 0 Å². The summed E-state index contributed by atoms with van der Waals surface area (Å²) in [6, 6.07) is 7.76. The molecule has 2 aromatic rings. The molecule has 1 aromatic carbocycles. The van der Waals surface area contributed by atoms with Gasteiger partial charge in [0, 0.05) is 5.56 Å². The Morgan fingerprint density at radius 3 is 2.43 bits per heavy atom. The molecule has 21 heavy (non-hydrogen) atoms. The largest absolute Gasteiger partial charge is 0.491 e. The molecule has 5 nitrogen and oxygen atoms in total. The fraction of sp³-hybridized carbons (Fsp3) is 0.400. The summed E-state index contributed by atoms with van der Waals surface area (Å²) >= 11 is 5.91. The average molecular weight is 308 g/mol. The summed E-state index contributed by atoms with van der Waals surface area (Å²) < 4.78 is 11.0. The molecule has 0 amide bonds. The zero-order valence-corrected chi connectivity index (χ0v) is 13.1. The minimum absolute atomic E-state index is 0.119. The molecule has 0 radical (unpaired) electrons. The molecule has 0 spiro atoms. The van der Waals surface area contributed by atoms with Gasteiger partial charge in [0.1, 0.15) is 5.75 Å². The van der Waals surface area contributed by atoms with Crippen LogP contribution in [0.1, 0.15) is 27.2 Å². The van der Waals surface area contributed by atoms with Crippen LogP contribution >= 0.6 is 11.6 Å². The Morgan fingerprint density at radius 1 is 1.10 bits per heavy atom. The highest BCUT2D eigenvalue weighted by Gasteiger charge is 2.08. The molecule has 0 bridgehead atoms. The topological polar surface area (TPSA) is 57.1 Å². The molecule has 0 saturated heterocycles. The van der Waals surface area contributed by atoms with Crippen molar-refractivity contribution in [2.45, 2.75) is 33.3 Å². The van der Waals surface area contributed by atoms with Gasteiger partial charge in [0.25, 0.3) is 0 Å². The fourth-order valence-electron chi connectivity index (χ4n) is 1.67. The van der Waals surface area contributed by atoms with Crippen molar-refractivity contribution in [3.8, 4) is 23.1 Å². The lowest BCUT2D eigenvalue weighted by molar-refractivity contribution is 0.242. The summed E-state index contributed by atoms with van der Waals surface area (Å²) in [7, 11) is 0. The monoisotopic (exact) mass is 307 g/mol. The van der Waals surface area contributed by atoms with Crippen LogP contribution in [0.15, 0.2) is 24.3 Å². The van der Waals surface area contributed by atoms with E-state index >= 15 is 0 Å². The fourth-order valence-corrected chi connectivity index (χ4v) is 1.83. The van der Waals surface area contributed by atoms with Crippen LogP contribution in [0, 0.1) is 0 Å². The van der Waals surface area contributed by atoms with Crippen LogP contribution in [0.5, 0.6) is 11.8 Å². The van der Waals surface area contributed by atoms with Crippen molar-refractivity contribution in [3.63, 3.8) is 0 Å². The Kier molecular flexibility index (Phi) is 5.33. The van der Waals surface area contributed by atoms with Crippen molar-refractivity contribution >= 4 is 11.6 Å². The Morgan fingerprint density at radius 2 is 1.81 bits per heavy atom. The van der Waals surface area contributed by atoms with Gasteiger partial charge in [0.15, 0.2) is 5.82 Å². The van der Waals surface area contributed by atoms with E-state index in [9.17, 15) is 0 Å². The zero-order chi connectivity index (χ0) is 15.2. The number of benzene rings is 1. The van der Waals surface area contributed by atoms with E-state index in [1.807, 2.05) is 45.0 Å². The molecule has 1 aromatic heterocycles. The number of hydrogen-bond acceptors (Lipinski definition) is 5. The maximum absolute atomic E-state index is 5.91. The van der Waals surface area contributed by atoms with Gasteiger partial charge in [-0.1, -0.05) is 6.92 Å². The first kappa shape index (κ1) is 15.5. The second-order valence-corrected chi connectivity index (χ2v) is 5.09. The molecular weight excluding hydrogens is 290 g/mol. The lowest BCUT2D eigenvalue weighted by atomic mass is 10.2. The van der Waals surface area contributed by atoms with E-state index < -0.39 is 0 Å². The highest BCUT2D eigenvalue weighted by atomic mass is 35.5. The summed E-state index contributed by atoms with van der Waals surface area (Å²) in [5, 5.41) is 0.119. The number of aromatic nitrogens is 3. The van der Waals surface area contributed by atoms with E-state index in [2.05, 4.69) is 15.0 Å². The van der Waals surface area contributed by atoms with E-state index in [4.69, 9.17) is 21.1 Å². The third-order valence-electron chi connectivity index (χ3n) is 2.51. The van der Waals surface area contributed by atoms with Crippen molar-refractivity contribution in [2.75, 3.05) is 6.61 Å². The van der Waals surface area contributed by atoms with Gasteiger partial charge in [-0.05, 0) is 56.1 Å². The minimum Gasteiger partial charge on any atom is -0.491 e. The molecule has 2 rings (SSSR count). The third-order valence-corrected chi connectivity index (χ3v) is 2.68. The Bertz CT molecular complexity index is 588. The van der Waals surface area contributed by atoms with Crippen LogP contribution in [-0.4, -0.2) is 27.7 Å². The smallest absolute Gasteiger partial charge is 0.321 e. The summed E-state index contributed by atoms with van der Waals surface area (Å²) in [6.07, 6.45) is 1.01. The summed E-state index contributed by atoms with van der Waals surface area (Å²) in [4.78, 5) is 12.3. The molecule has 0 unspecified atom stereocenters. The van der Waals surface area contributed by atoms with E-state index in [1.54, 1.807) is 0 Å². The van der Waals surface area contributed by atoms with Gasteiger partial charge in [0.2, 0.25) is 5.28 Å². The molecular formula is C15H18ClN3O2. The van der Waals surface area contributed by atoms with Crippen LogP contribution in [0.25, 0.3) is 11.4 Å². The highest BCUT2D eigenvalue weighted by Crippen LogP contribution is 2.22. The lowest BCUT2D eigenvalue weighted by Crippen LogP contribution is -2.05. The van der Waals surface area contributed by atoms with Crippen molar-refractivity contribution in [1.82, 2.24) is 15.0 Å². The molecule has 0 aliphatic rings. The van der Waals surface area contributed by atoms with Gasteiger partial charge >= 0.3 is 6.01 Å². The predicted molar refractivity (Wildman–Crippen MR) is 81.8 cm³/mol. The van der Waals surface area contributed by atoms with Crippen LogP contribution in [-0.2, 0) is 0 Å². The first-order chi connectivity index (χ1) is 10.1. The normalized spacial score (nSPS) is 10.7. The first-order valence-corrected chi connectivity index (χ1v) is 7.27. The number of halogens is 1. The second kappa shape index (κ2) is 7.22. The highest BCUT2D eigenvalue weighted by molar-refractivity contribution is 6.28. The summed E-state index contributed by atoms with van der Waals surface area (Å²) in [5.41, 5.74) is 0.830. The van der Waals surface area contributed by atoms with Crippen molar-refractivity contribution in [1.29, 1.82) is 0 Å². The number of hydrogen-bond donors (Lipinski definition) is 0. The van der Waals surface area contributed by atoms with Gasteiger partial charge < -0.3 is 9.47 Å². The van der Waals surface area contributed by atoms with Gasteiger partial charge in [-0.25, -0.2) is 0 Å². The summed E-state index contributed by atoms with van der Waals surface area (Å²) in [6.45, 7) is 6.52. The molecule has 6 heteroatoms. The molecule has 0 fully saturated rings. The molecule has 0 N–H and O–H groups in total. The minimum atomic E-state index is 0.119. The molecule has 1 heterocycles. The quantitative estimate of drug-likeness (QED) is 0.813. The lowest BCUT2D eigenvalue weighted by Gasteiger charge is -2.10. The van der Waals surface area contributed by atoms with E-state index in [-0.39, 0.29) is 17.4 Å². The van der Waals surface area contributed by atoms with Gasteiger partial charge in [-0.2, -0.15) is 15.0 Å². The van der Waals surface area contributed by atoms with Crippen LogP contribution < -0.4 is 9.47 Å². The molecule has 0 atom stereocenters. The SMILES string of the molecule is CCCOc1nc(Cl)nc(-c2ccc(OC(C)C)cc2)n1. The van der Waals surface area contributed by atoms with Gasteiger partial charge in [-0.15, -0.1) is 0 Å². The van der Waals surface area contributed by atoms with E-state index in [0.29, 0.717) is 12.4 Å². The first-order valence-electron chi connectivity index (χ1n) is 6.90. The number of ether oxygens (including phenoxy) is 2. The second-order valence-electron chi connectivity index (χ2n) is 4.75. The van der Waals surface area contributed by atoms with E-state index in [1.165, 1.54) is 0 Å². The van der Waals surface area contributed by atoms with E-state index in [0.717, 1.165) is 17.7 Å². The molecule has 112 valence electrons. The van der Waals surface area contributed by atoms with Crippen molar-refractivity contribution < 1.29 is 9.47 Å². The van der Waals surface area contributed by atoms with Crippen molar-refractivity contribution in [2.24, 2.45) is 0 Å². The Hall–Kier alpha value is -1.88. The summed E-state index contributed by atoms with van der Waals surface area (Å²) in [5.74, 6) is 1.29. The zero-order valence-electron chi connectivity index (χ0n) is 12.3. The Balaban J connectivity index is 2.22. The maximum atomic E-state index is 5.91. The van der Waals surface area contributed by atoms with Gasteiger partial charge in [0.05, 0.1) is 12.7 Å². The third kappa shape index (κ3) is 4.56. The average Bonchev–Trinajstić information content (AvgIpc) is 2.44. The number of nitrogens with zero attached hydrogens (tertiary/aromatic N) is 3. The van der Waals surface area contributed by atoms with Crippen molar-refractivity contribution in [3.05, 3.63) is 29.5 Å². The molecule has 0 saturated carbocycles.